The molecule has 0 amide bonds. The number of allylic oxidation sites excluding steroid dienone is 1. The Labute approximate surface area is 108 Å². The molecule has 2 aliphatic rings. The highest BCUT2D eigenvalue weighted by Gasteiger charge is 2.51. The normalized spacial score (nSPS) is 33.8. The lowest BCUT2D eigenvalue weighted by Gasteiger charge is -2.15. The molecular weight excluding hydrogens is 260 g/mol. The number of esters is 1. The molecule has 2 saturated heterocycles. The van der Waals surface area contributed by atoms with E-state index in [4.69, 9.17) is 19.9 Å². The number of fused-ring (bicyclic) bond motifs is 1. The van der Waals surface area contributed by atoms with Gasteiger partial charge in [0.05, 0.1) is 13.2 Å². The average Bonchev–Trinajstić information content (AvgIpc) is 2.81. The second-order valence-corrected chi connectivity index (χ2v) is 4.33. The van der Waals surface area contributed by atoms with Gasteiger partial charge in [0.1, 0.15) is 12.2 Å². The van der Waals surface area contributed by atoms with Crippen LogP contribution < -0.4 is 5.73 Å². The van der Waals surface area contributed by atoms with Crippen molar-refractivity contribution >= 4 is 5.97 Å². The van der Waals surface area contributed by atoms with Crippen molar-refractivity contribution in [3.05, 3.63) is 21.9 Å². The van der Waals surface area contributed by atoms with Crippen LogP contribution >= 0.6 is 0 Å². The van der Waals surface area contributed by atoms with Gasteiger partial charge in [-0.05, 0) is 6.92 Å². The number of nitrogens with two attached hydrogens (primary N) is 1. The molecule has 0 aromatic carbocycles. The van der Waals surface area contributed by atoms with E-state index in [1.165, 1.54) is 0 Å². The molecule has 0 saturated carbocycles. The van der Waals surface area contributed by atoms with Crippen molar-refractivity contribution in [2.75, 3.05) is 13.2 Å². The summed E-state index contributed by atoms with van der Waals surface area (Å²) in [6.45, 7) is 1.69. The number of rotatable bonds is 4. The predicted molar refractivity (Wildman–Crippen MR) is 59.2 cm³/mol. The van der Waals surface area contributed by atoms with Crippen molar-refractivity contribution in [3.63, 3.8) is 0 Å². The molecule has 0 bridgehead atoms. The number of carbonyl (C=O) groups is 1. The summed E-state index contributed by atoms with van der Waals surface area (Å²) in [5.74, 6) is -0.600. The summed E-state index contributed by atoms with van der Waals surface area (Å²) in [6, 6.07) is 0. The third kappa shape index (κ3) is 3.12. The molecular formula is C10H14N2O7. The van der Waals surface area contributed by atoms with Crippen LogP contribution in [0.3, 0.4) is 0 Å². The summed E-state index contributed by atoms with van der Waals surface area (Å²) in [6.07, 6.45) is -1.43. The fraction of sp³-hybridized carbons (Fsp3) is 0.700. The molecule has 0 aliphatic carbocycles. The lowest BCUT2D eigenvalue weighted by atomic mass is 10.1. The first-order valence-electron chi connectivity index (χ1n) is 5.66. The van der Waals surface area contributed by atoms with E-state index in [0.29, 0.717) is 5.70 Å². The maximum atomic E-state index is 11.4. The molecule has 0 aromatic heterocycles. The highest BCUT2D eigenvalue weighted by atomic mass is 17.0. The molecule has 9 nitrogen and oxygen atoms in total. The average molecular weight is 274 g/mol. The van der Waals surface area contributed by atoms with Crippen LogP contribution in [0.25, 0.3) is 0 Å². The first-order chi connectivity index (χ1) is 8.97. The third-order valence-corrected chi connectivity index (χ3v) is 2.80. The zero-order chi connectivity index (χ0) is 14.0. The molecule has 0 spiro atoms. The van der Waals surface area contributed by atoms with Crippen molar-refractivity contribution in [2.24, 2.45) is 5.73 Å². The lowest BCUT2D eigenvalue weighted by Crippen LogP contribution is -2.35. The lowest BCUT2D eigenvalue weighted by molar-refractivity contribution is -0.769. The number of carbonyl (C=O) groups excluding carboxylic acids is 1. The van der Waals surface area contributed by atoms with Gasteiger partial charge < -0.3 is 24.8 Å². The third-order valence-electron chi connectivity index (χ3n) is 2.80. The molecule has 2 N–H and O–H groups in total. The van der Waals surface area contributed by atoms with Crippen molar-refractivity contribution < 1.29 is 28.9 Å². The van der Waals surface area contributed by atoms with Gasteiger partial charge in [0.25, 0.3) is 5.09 Å². The predicted octanol–water partition coefficient (Wildman–Crippen LogP) is -0.865. The molecule has 0 aromatic rings. The largest absolute Gasteiger partial charge is 0.454 e. The minimum Gasteiger partial charge on any atom is -0.454 e. The van der Waals surface area contributed by atoms with Gasteiger partial charge in [0.2, 0.25) is 0 Å². The Kier molecular flexibility index (Phi) is 3.86. The monoisotopic (exact) mass is 274 g/mol. The van der Waals surface area contributed by atoms with Gasteiger partial charge in [-0.1, -0.05) is 0 Å². The van der Waals surface area contributed by atoms with Gasteiger partial charge in [-0.25, -0.2) is 4.79 Å². The summed E-state index contributed by atoms with van der Waals surface area (Å²) in [7, 11) is 0. The van der Waals surface area contributed by atoms with Crippen molar-refractivity contribution in [3.8, 4) is 0 Å². The smallest absolute Gasteiger partial charge is 0.332 e. The van der Waals surface area contributed by atoms with Crippen LogP contribution in [0.1, 0.15) is 6.92 Å². The van der Waals surface area contributed by atoms with E-state index in [2.05, 4.69) is 4.84 Å². The Morgan fingerprint density at radius 2 is 1.95 bits per heavy atom. The van der Waals surface area contributed by atoms with E-state index in [1.807, 2.05) is 0 Å². The van der Waals surface area contributed by atoms with E-state index in [9.17, 15) is 14.9 Å². The molecule has 9 heteroatoms. The van der Waals surface area contributed by atoms with Gasteiger partial charge in [0.15, 0.2) is 12.2 Å². The van der Waals surface area contributed by atoms with Gasteiger partial charge in [-0.15, -0.1) is 10.1 Å². The van der Waals surface area contributed by atoms with Crippen LogP contribution in [0.2, 0.25) is 0 Å². The molecule has 0 unspecified atom stereocenters. The van der Waals surface area contributed by atoms with Crippen molar-refractivity contribution in [2.45, 2.75) is 31.3 Å². The van der Waals surface area contributed by atoms with Crippen LogP contribution in [0.15, 0.2) is 11.8 Å². The molecule has 2 rings (SSSR count). The Morgan fingerprint density at radius 1 is 1.37 bits per heavy atom. The van der Waals surface area contributed by atoms with E-state index < -0.39 is 35.5 Å². The molecule has 19 heavy (non-hydrogen) atoms. The molecule has 0 radical (unpaired) electrons. The van der Waals surface area contributed by atoms with E-state index >= 15 is 0 Å². The molecule has 2 heterocycles. The quantitative estimate of drug-likeness (QED) is 0.304. The van der Waals surface area contributed by atoms with Gasteiger partial charge in [-0.3, -0.25) is 0 Å². The fourth-order valence-electron chi connectivity index (χ4n) is 2.10. The van der Waals surface area contributed by atoms with Gasteiger partial charge >= 0.3 is 5.97 Å². The van der Waals surface area contributed by atoms with Crippen LogP contribution in [-0.4, -0.2) is 48.7 Å². The summed E-state index contributed by atoms with van der Waals surface area (Å²) in [5, 5.41) is 9.40. The molecule has 4 atom stereocenters. The highest BCUT2D eigenvalue weighted by Crippen LogP contribution is 2.30. The summed E-state index contributed by atoms with van der Waals surface area (Å²) in [5.41, 5.74) is 5.68. The van der Waals surface area contributed by atoms with Crippen molar-refractivity contribution in [1.29, 1.82) is 0 Å². The topological polar surface area (TPSA) is 123 Å². The first-order valence-corrected chi connectivity index (χ1v) is 5.66. The van der Waals surface area contributed by atoms with Crippen LogP contribution in [-0.2, 0) is 23.8 Å². The Bertz CT molecular complexity index is 407. The minimum atomic E-state index is -0.889. The Morgan fingerprint density at radius 3 is 2.53 bits per heavy atom. The number of hydrogen-bond donors (Lipinski definition) is 1. The second-order valence-electron chi connectivity index (χ2n) is 4.33. The maximum Gasteiger partial charge on any atom is 0.332 e. The zero-order valence-electron chi connectivity index (χ0n) is 10.2. The number of hydrogen-bond acceptors (Lipinski definition) is 8. The SMILES string of the molecule is C/C(N)=C/C(=O)O[C@@H]1CO[C@H]2[C@@H]1OC[C@@H]2O[N+](=O)[O-]. The van der Waals surface area contributed by atoms with E-state index in [0.717, 1.165) is 6.08 Å². The summed E-state index contributed by atoms with van der Waals surface area (Å²) in [4.78, 5) is 26.2. The van der Waals surface area contributed by atoms with Crippen molar-refractivity contribution in [1.82, 2.24) is 0 Å². The minimum absolute atomic E-state index is 0.0239. The Balaban J connectivity index is 1.92. The summed E-state index contributed by atoms with van der Waals surface area (Å²) >= 11 is 0. The summed E-state index contributed by atoms with van der Waals surface area (Å²) < 4.78 is 15.8. The van der Waals surface area contributed by atoms with E-state index in [-0.39, 0.29) is 13.2 Å². The molecule has 2 fully saturated rings. The van der Waals surface area contributed by atoms with Crippen LogP contribution in [0, 0.1) is 10.1 Å². The van der Waals surface area contributed by atoms with Crippen LogP contribution in [0.5, 0.6) is 0 Å². The highest BCUT2D eigenvalue weighted by molar-refractivity contribution is 5.82. The molecule has 106 valence electrons. The number of ether oxygens (including phenoxy) is 3. The number of nitrogens with zero attached hydrogens (tertiary/aromatic N) is 1. The zero-order valence-corrected chi connectivity index (χ0v) is 10.2. The van der Waals surface area contributed by atoms with Crippen LogP contribution in [0.4, 0.5) is 0 Å². The molecule has 2 aliphatic heterocycles. The Hall–Kier alpha value is -1.87. The van der Waals surface area contributed by atoms with Gasteiger partial charge in [-0.2, -0.15) is 0 Å². The second kappa shape index (κ2) is 5.41. The fourth-order valence-corrected chi connectivity index (χ4v) is 2.10. The first kappa shape index (κ1) is 13.6. The maximum absolute atomic E-state index is 11.4. The van der Waals surface area contributed by atoms with Gasteiger partial charge in [0, 0.05) is 11.8 Å². The van der Waals surface area contributed by atoms with E-state index in [1.54, 1.807) is 6.92 Å². The standard InChI is InChI=1S/C10H14N2O7/c1-5(11)2-8(13)18-6-3-16-10-7(19-12(14)15)4-17-9(6)10/h2,6-7,9-10H,3-4,11H2,1H3/b5-2-/t6-,7+,9-,10-/m1/s1.